The summed E-state index contributed by atoms with van der Waals surface area (Å²) in [5.74, 6) is 1.20. The van der Waals surface area contributed by atoms with Crippen LogP contribution in [0.3, 0.4) is 0 Å². The molecule has 0 bridgehead atoms. The molecular formula is C28H21N3O3. The number of para-hydroxylation sites is 1. The molecule has 0 radical (unpaired) electrons. The molecule has 6 nitrogen and oxygen atoms in total. The second-order valence-corrected chi connectivity index (χ2v) is 8.21. The van der Waals surface area contributed by atoms with E-state index in [1.807, 2.05) is 91.9 Å². The third-order valence-electron chi connectivity index (χ3n) is 6.13. The number of nitrogens with zero attached hydrogens (tertiary/aromatic N) is 2. The molecule has 6 aromatic rings. The van der Waals surface area contributed by atoms with Gasteiger partial charge in [-0.25, -0.2) is 0 Å². The van der Waals surface area contributed by atoms with E-state index >= 15 is 0 Å². The largest absolute Gasteiger partial charge is 0.453 e. The molecule has 0 atom stereocenters. The van der Waals surface area contributed by atoms with Gasteiger partial charge >= 0.3 is 0 Å². The minimum absolute atomic E-state index is 0.141. The molecule has 0 fully saturated rings. The second kappa shape index (κ2) is 7.78. The van der Waals surface area contributed by atoms with Gasteiger partial charge in [-0.2, -0.15) is 0 Å². The molecule has 0 aliphatic heterocycles. The Kier molecular flexibility index (Phi) is 4.59. The number of fused-ring (bicyclic) bond motifs is 3. The van der Waals surface area contributed by atoms with Crippen LogP contribution in [0.1, 0.15) is 5.76 Å². The molecule has 0 spiro atoms. The van der Waals surface area contributed by atoms with E-state index in [1.165, 1.54) is 0 Å². The van der Waals surface area contributed by atoms with Gasteiger partial charge in [0.15, 0.2) is 17.1 Å². The lowest BCUT2D eigenvalue weighted by Crippen LogP contribution is -2.17. The summed E-state index contributed by atoms with van der Waals surface area (Å²) in [4.78, 5) is 13.6. The quantitative estimate of drug-likeness (QED) is 0.327. The number of hydrogen-bond acceptors (Lipinski definition) is 5. The lowest BCUT2D eigenvalue weighted by molar-refractivity contribution is 0.400. The van der Waals surface area contributed by atoms with E-state index in [9.17, 15) is 4.79 Å². The van der Waals surface area contributed by atoms with Crippen LogP contribution < -0.4 is 10.9 Å². The zero-order valence-electron chi connectivity index (χ0n) is 18.7. The van der Waals surface area contributed by atoms with Crippen molar-refractivity contribution in [3.8, 4) is 22.6 Å². The zero-order valence-corrected chi connectivity index (χ0v) is 18.7. The van der Waals surface area contributed by atoms with Crippen molar-refractivity contribution in [1.82, 2.24) is 9.72 Å². The Hall–Kier alpha value is -4.58. The van der Waals surface area contributed by atoms with Crippen molar-refractivity contribution < 1.29 is 8.94 Å². The van der Waals surface area contributed by atoms with Gasteiger partial charge in [0, 0.05) is 23.6 Å². The number of hydrogen-bond donors (Lipinski definition) is 1. The molecule has 6 heteroatoms. The average molecular weight is 447 g/mol. The van der Waals surface area contributed by atoms with Crippen molar-refractivity contribution in [3.05, 3.63) is 101 Å². The molecule has 0 unspecified atom stereocenters. The molecule has 3 heterocycles. The van der Waals surface area contributed by atoms with Gasteiger partial charge in [0.25, 0.3) is 5.56 Å². The van der Waals surface area contributed by atoms with E-state index in [-0.39, 0.29) is 5.56 Å². The normalized spacial score (nSPS) is 11.4. The maximum Gasteiger partial charge on any atom is 0.264 e. The summed E-state index contributed by atoms with van der Waals surface area (Å²) in [6.45, 7) is 1.85. The first-order valence-corrected chi connectivity index (χ1v) is 11.0. The average Bonchev–Trinajstić information content (AvgIpc) is 3.45. The van der Waals surface area contributed by atoms with Gasteiger partial charge in [0.05, 0.1) is 11.2 Å². The zero-order chi connectivity index (χ0) is 23.2. The fourth-order valence-electron chi connectivity index (χ4n) is 4.41. The lowest BCUT2D eigenvalue weighted by Gasteiger charge is -2.09. The summed E-state index contributed by atoms with van der Waals surface area (Å²) in [7, 11) is 1.78. The fraction of sp³-hybridized carbons (Fsp3) is 0.0714. The van der Waals surface area contributed by atoms with Crippen LogP contribution in [0.25, 0.3) is 44.5 Å². The van der Waals surface area contributed by atoms with Gasteiger partial charge in [-0.3, -0.25) is 4.79 Å². The summed E-state index contributed by atoms with van der Waals surface area (Å²) < 4.78 is 13.7. The van der Waals surface area contributed by atoms with Crippen LogP contribution in [0.2, 0.25) is 0 Å². The van der Waals surface area contributed by atoms with Gasteiger partial charge in [-0.15, -0.1) is 0 Å². The molecule has 0 saturated carbocycles. The first kappa shape index (κ1) is 20.1. The lowest BCUT2D eigenvalue weighted by atomic mass is 10.1. The summed E-state index contributed by atoms with van der Waals surface area (Å²) >= 11 is 0. The number of aromatic nitrogens is 2. The van der Waals surface area contributed by atoms with Crippen molar-refractivity contribution in [1.29, 1.82) is 0 Å². The third kappa shape index (κ3) is 3.03. The summed E-state index contributed by atoms with van der Waals surface area (Å²) in [5.41, 5.74) is 4.96. The van der Waals surface area contributed by atoms with Crippen molar-refractivity contribution in [2.75, 3.05) is 5.32 Å². The molecular weight excluding hydrogens is 426 g/mol. The van der Waals surface area contributed by atoms with E-state index < -0.39 is 0 Å². The first-order chi connectivity index (χ1) is 16.6. The van der Waals surface area contributed by atoms with Crippen LogP contribution in [0.5, 0.6) is 0 Å². The van der Waals surface area contributed by atoms with E-state index in [0.717, 1.165) is 22.0 Å². The highest BCUT2D eigenvalue weighted by Gasteiger charge is 2.25. The predicted octanol–water partition coefficient (Wildman–Crippen LogP) is 6.66. The second-order valence-electron chi connectivity index (χ2n) is 8.21. The van der Waals surface area contributed by atoms with Crippen molar-refractivity contribution >= 4 is 33.2 Å². The number of nitrogens with one attached hydrogen (secondary N) is 1. The van der Waals surface area contributed by atoms with Crippen molar-refractivity contribution in [2.45, 2.75) is 6.92 Å². The van der Waals surface area contributed by atoms with Crippen molar-refractivity contribution in [3.63, 3.8) is 0 Å². The maximum absolute atomic E-state index is 13.6. The van der Waals surface area contributed by atoms with Gasteiger partial charge in [-0.1, -0.05) is 78.0 Å². The maximum atomic E-state index is 13.6. The summed E-state index contributed by atoms with van der Waals surface area (Å²) in [5, 5.41) is 9.12. The Labute approximate surface area is 195 Å². The Bertz CT molecular complexity index is 1710. The Morgan fingerprint density at radius 1 is 0.824 bits per heavy atom. The van der Waals surface area contributed by atoms with E-state index in [0.29, 0.717) is 39.6 Å². The smallest absolute Gasteiger partial charge is 0.264 e. The summed E-state index contributed by atoms with van der Waals surface area (Å²) in [6, 6.07) is 27.3. The molecule has 0 amide bonds. The van der Waals surface area contributed by atoms with E-state index in [1.54, 1.807) is 11.6 Å². The van der Waals surface area contributed by atoms with Crippen LogP contribution in [-0.2, 0) is 7.05 Å². The van der Waals surface area contributed by atoms with Crippen LogP contribution in [-0.4, -0.2) is 9.72 Å². The third-order valence-corrected chi connectivity index (χ3v) is 6.13. The van der Waals surface area contributed by atoms with Crippen LogP contribution in [0, 0.1) is 6.92 Å². The molecule has 3 aromatic heterocycles. The molecule has 0 saturated heterocycles. The van der Waals surface area contributed by atoms with Crippen LogP contribution in [0.4, 0.5) is 11.4 Å². The molecule has 0 aliphatic carbocycles. The number of anilines is 2. The standard InChI is InChI=1S/C28H21N3O3/c1-17-23(24(30-34-17)18-11-5-3-6-12-18)29-25-22-27(33-26(25)19-13-7-4-8-14-19)20-15-9-10-16-21(20)31(2)28(22)32/h3-16,29H,1-2H3. The molecule has 3 aromatic carbocycles. The highest BCUT2D eigenvalue weighted by atomic mass is 16.5. The van der Waals surface area contributed by atoms with Gasteiger partial charge in [0.1, 0.15) is 16.8 Å². The number of pyridine rings is 1. The molecule has 6 rings (SSSR count). The van der Waals surface area contributed by atoms with E-state index in [2.05, 4.69) is 10.5 Å². The molecule has 0 aliphatic rings. The van der Waals surface area contributed by atoms with Crippen molar-refractivity contribution in [2.24, 2.45) is 7.05 Å². The van der Waals surface area contributed by atoms with Gasteiger partial charge < -0.3 is 18.8 Å². The number of furan rings is 1. The first-order valence-electron chi connectivity index (χ1n) is 11.0. The topological polar surface area (TPSA) is 73.2 Å². The Balaban J connectivity index is 1.67. The SMILES string of the molecule is Cc1onc(-c2ccccc2)c1Nc1c(-c2ccccc2)oc2c1c(=O)n(C)c1ccccc21. The molecule has 1 N–H and O–H groups in total. The summed E-state index contributed by atoms with van der Waals surface area (Å²) in [6.07, 6.45) is 0. The Morgan fingerprint density at radius 3 is 2.21 bits per heavy atom. The van der Waals surface area contributed by atoms with E-state index in [4.69, 9.17) is 8.94 Å². The van der Waals surface area contributed by atoms with Gasteiger partial charge in [-0.05, 0) is 19.1 Å². The number of benzene rings is 3. The molecule has 166 valence electrons. The monoisotopic (exact) mass is 447 g/mol. The minimum Gasteiger partial charge on any atom is -0.453 e. The minimum atomic E-state index is -0.141. The fourth-order valence-corrected chi connectivity index (χ4v) is 4.41. The number of rotatable bonds is 4. The Morgan fingerprint density at radius 2 is 1.47 bits per heavy atom. The number of aryl methyl sites for hydroxylation is 2. The van der Waals surface area contributed by atoms with Crippen LogP contribution in [0.15, 0.2) is 98.7 Å². The molecule has 34 heavy (non-hydrogen) atoms. The van der Waals surface area contributed by atoms with Crippen LogP contribution >= 0.6 is 0 Å². The van der Waals surface area contributed by atoms with Gasteiger partial charge in [0.2, 0.25) is 0 Å². The highest BCUT2D eigenvalue weighted by Crippen LogP contribution is 2.42. The highest BCUT2D eigenvalue weighted by molar-refractivity contribution is 6.11. The predicted molar refractivity (Wildman–Crippen MR) is 134 cm³/mol.